The molecule has 2 aromatic rings. The van der Waals surface area contributed by atoms with Crippen LogP contribution in [-0.4, -0.2) is 40.1 Å². The topological polar surface area (TPSA) is 62.7 Å². The van der Waals surface area contributed by atoms with Crippen molar-refractivity contribution in [3.05, 3.63) is 58.1 Å². The highest BCUT2D eigenvalue weighted by atomic mass is 32.1. The maximum atomic E-state index is 12.4. The van der Waals surface area contributed by atoms with Gasteiger partial charge in [-0.2, -0.15) is 0 Å². The van der Waals surface area contributed by atoms with Crippen LogP contribution in [0.2, 0.25) is 0 Å². The molecular weight excluding hydrogens is 336 g/mol. The van der Waals surface area contributed by atoms with Crippen molar-refractivity contribution in [3.8, 4) is 0 Å². The lowest BCUT2D eigenvalue weighted by atomic mass is 10.1. The summed E-state index contributed by atoms with van der Waals surface area (Å²) in [6.45, 7) is 1.88. The van der Waals surface area contributed by atoms with Crippen LogP contribution in [-0.2, 0) is 22.7 Å². The predicted molar refractivity (Wildman–Crippen MR) is 97.9 cm³/mol. The highest BCUT2D eigenvalue weighted by Crippen LogP contribution is 2.18. The van der Waals surface area contributed by atoms with Crippen LogP contribution in [0.3, 0.4) is 0 Å². The molecule has 0 spiro atoms. The molecule has 6 heteroatoms. The van der Waals surface area contributed by atoms with Crippen LogP contribution < -0.4 is 0 Å². The van der Waals surface area contributed by atoms with Crippen molar-refractivity contribution in [1.29, 1.82) is 0 Å². The second-order valence-electron chi connectivity index (χ2n) is 6.03. The van der Waals surface area contributed by atoms with Crippen LogP contribution in [0.4, 0.5) is 0 Å². The molecule has 0 aromatic carbocycles. The summed E-state index contributed by atoms with van der Waals surface area (Å²) < 4.78 is 5.92. The van der Waals surface area contributed by atoms with E-state index >= 15 is 0 Å². The molecule has 1 fully saturated rings. The number of amides is 1. The monoisotopic (exact) mass is 358 g/mol. The number of ether oxygens (including phenoxy) is 1. The van der Waals surface area contributed by atoms with Gasteiger partial charge in [-0.25, -0.2) is 0 Å². The average Bonchev–Trinajstić information content (AvgIpc) is 3.14. The lowest BCUT2D eigenvalue weighted by Crippen LogP contribution is -2.42. The summed E-state index contributed by atoms with van der Waals surface area (Å²) in [5, 5.41) is 11.0. The van der Waals surface area contributed by atoms with Gasteiger partial charge in [0, 0.05) is 30.2 Å². The third-order valence-electron chi connectivity index (χ3n) is 4.13. The maximum Gasteiger partial charge on any atom is 0.246 e. The minimum Gasteiger partial charge on any atom is -0.392 e. The number of likely N-dealkylation sites (tertiary alicyclic amines) is 1. The third-order valence-corrected chi connectivity index (χ3v) is 5.08. The van der Waals surface area contributed by atoms with E-state index < -0.39 is 0 Å². The van der Waals surface area contributed by atoms with Crippen molar-refractivity contribution in [1.82, 2.24) is 9.88 Å². The minimum atomic E-state index is 0.00471. The number of nitrogens with zero attached hydrogens (tertiary/aromatic N) is 2. The molecule has 25 heavy (non-hydrogen) atoms. The van der Waals surface area contributed by atoms with E-state index in [1.165, 1.54) is 11.3 Å². The Bertz CT molecular complexity index is 714. The molecule has 1 saturated heterocycles. The molecule has 1 N–H and O–H groups in total. The highest BCUT2D eigenvalue weighted by molar-refractivity contribution is 7.11. The van der Waals surface area contributed by atoms with E-state index in [1.807, 2.05) is 40.6 Å². The zero-order valence-electron chi connectivity index (χ0n) is 14.0. The van der Waals surface area contributed by atoms with Gasteiger partial charge in [0.05, 0.1) is 25.0 Å². The molecular formula is C19H22N2O3S. The lowest BCUT2D eigenvalue weighted by Gasteiger charge is -2.32. The molecule has 3 rings (SSSR count). The second-order valence-corrected chi connectivity index (χ2v) is 6.97. The molecule has 0 radical (unpaired) electrons. The molecule has 2 aromatic heterocycles. The number of thiophene rings is 1. The van der Waals surface area contributed by atoms with E-state index in [2.05, 4.69) is 4.98 Å². The SMILES string of the molecule is O=C(C=Cc1cc(CO)cs1)N1CCCC(OCc2ccccn2)C1. The standard InChI is InChI=1S/C19H22N2O3S/c22-12-15-10-18(25-14-15)6-7-19(23)21-9-3-5-17(11-21)24-13-16-4-1-2-8-20-16/h1-2,4,6-8,10,14,17,22H,3,5,9,11-13H2. The van der Waals surface area contributed by atoms with Gasteiger partial charge in [-0.15, -0.1) is 11.3 Å². The zero-order valence-corrected chi connectivity index (χ0v) is 14.8. The van der Waals surface area contributed by atoms with Gasteiger partial charge in [0.2, 0.25) is 5.91 Å². The number of pyridine rings is 1. The average molecular weight is 358 g/mol. The first-order valence-electron chi connectivity index (χ1n) is 8.41. The van der Waals surface area contributed by atoms with Gasteiger partial charge in [-0.05, 0) is 48.1 Å². The first kappa shape index (κ1) is 17.8. The van der Waals surface area contributed by atoms with Gasteiger partial charge in [0.1, 0.15) is 0 Å². The number of rotatable bonds is 6. The highest BCUT2D eigenvalue weighted by Gasteiger charge is 2.23. The van der Waals surface area contributed by atoms with Crippen LogP contribution in [0.15, 0.2) is 41.9 Å². The van der Waals surface area contributed by atoms with Crippen LogP contribution in [0, 0.1) is 0 Å². The Morgan fingerprint density at radius 2 is 2.40 bits per heavy atom. The molecule has 5 nitrogen and oxygen atoms in total. The quantitative estimate of drug-likeness (QED) is 0.807. The summed E-state index contributed by atoms with van der Waals surface area (Å²) in [5.41, 5.74) is 1.78. The Labute approximate surface area is 151 Å². The van der Waals surface area contributed by atoms with Gasteiger partial charge in [0.25, 0.3) is 0 Å². The molecule has 1 unspecified atom stereocenters. The van der Waals surface area contributed by atoms with E-state index in [4.69, 9.17) is 9.84 Å². The van der Waals surface area contributed by atoms with E-state index in [-0.39, 0.29) is 18.6 Å². The van der Waals surface area contributed by atoms with Crippen molar-refractivity contribution < 1.29 is 14.6 Å². The normalized spacial score (nSPS) is 18.0. The number of carbonyl (C=O) groups excluding carboxylic acids is 1. The molecule has 0 bridgehead atoms. The first-order chi connectivity index (χ1) is 12.2. The number of aliphatic hydroxyl groups excluding tert-OH is 1. The smallest absolute Gasteiger partial charge is 0.246 e. The largest absolute Gasteiger partial charge is 0.392 e. The van der Waals surface area contributed by atoms with E-state index in [0.29, 0.717) is 13.2 Å². The summed E-state index contributed by atoms with van der Waals surface area (Å²) in [6.07, 6.45) is 7.13. The first-order valence-corrected chi connectivity index (χ1v) is 9.29. The summed E-state index contributed by atoms with van der Waals surface area (Å²) in [4.78, 5) is 19.5. The summed E-state index contributed by atoms with van der Waals surface area (Å²) in [7, 11) is 0. The Kier molecular flexibility index (Phi) is 6.33. The van der Waals surface area contributed by atoms with Gasteiger partial charge in [-0.1, -0.05) is 6.07 Å². The molecule has 1 aliphatic rings. The van der Waals surface area contributed by atoms with Crippen molar-refractivity contribution in [2.45, 2.75) is 32.2 Å². The van der Waals surface area contributed by atoms with Crippen LogP contribution in [0.25, 0.3) is 6.08 Å². The molecule has 3 heterocycles. The van der Waals surface area contributed by atoms with E-state index in [0.717, 1.165) is 35.5 Å². The predicted octanol–water partition coefficient (Wildman–Crippen LogP) is 2.86. The molecule has 1 amide bonds. The van der Waals surface area contributed by atoms with Crippen LogP contribution >= 0.6 is 11.3 Å². The van der Waals surface area contributed by atoms with Gasteiger partial charge in [0.15, 0.2) is 0 Å². The van der Waals surface area contributed by atoms with Crippen LogP contribution in [0.1, 0.15) is 29.0 Å². The van der Waals surface area contributed by atoms with Gasteiger partial charge >= 0.3 is 0 Å². The molecule has 1 aliphatic heterocycles. The van der Waals surface area contributed by atoms with Crippen molar-refractivity contribution in [2.24, 2.45) is 0 Å². The van der Waals surface area contributed by atoms with Gasteiger partial charge < -0.3 is 14.7 Å². The minimum absolute atomic E-state index is 0.00471. The van der Waals surface area contributed by atoms with E-state index in [9.17, 15) is 4.79 Å². The number of aromatic nitrogens is 1. The summed E-state index contributed by atoms with van der Waals surface area (Å²) in [6, 6.07) is 7.66. The summed E-state index contributed by atoms with van der Waals surface area (Å²) in [5.74, 6) is 0.00471. The van der Waals surface area contributed by atoms with Gasteiger partial charge in [-0.3, -0.25) is 9.78 Å². The van der Waals surface area contributed by atoms with Crippen molar-refractivity contribution in [3.63, 3.8) is 0 Å². The fraction of sp³-hybridized carbons (Fsp3) is 0.368. The zero-order chi connectivity index (χ0) is 17.5. The molecule has 132 valence electrons. The number of hydrogen-bond donors (Lipinski definition) is 1. The number of carbonyl (C=O) groups is 1. The number of piperidine rings is 1. The number of hydrogen-bond acceptors (Lipinski definition) is 5. The fourth-order valence-corrected chi connectivity index (χ4v) is 3.58. The molecule has 0 saturated carbocycles. The number of aliphatic hydroxyl groups is 1. The Hall–Kier alpha value is -2.02. The van der Waals surface area contributed by atoms with Crippen molar-refractivity contribution in [2.75, 3.05) is 13.1 Å². The van der Waals surface area contributed by atoms with Crippen LogP contribution in [0.5, 0.6) is 0 Å². The molecule has 0 aliphatic carbocycles. The van der Waals surface area contributed by atoms with Crippen molar-refractivity contribution >= 4 is 23.3 Å². The summed E-state index contributed by atoms with van der Waals surface area (Å²) >= 11 is 1.52. The third kappa shape index (κ3) is 5.22. The lowest BCUT2D eigenvalue weighted by molar-refractivity contribution is -0.130. The van der Waals surface area contributed by atoms with E-state index in [1.54, 1.807) is 12.3 Å². The molecule has 1 atom stereocenters. The Morgan fingerprint density at radius 1 is 1.48 bits per heavy atom. The Morgan fingerprint density at radius 3 is 3.16 bits per heavy atom. The fourth-order valence-electron chi connectivity index (χ4n) is 2.78. The second kappa shape index (κ2) is 8.89. The Balaban J connectivity index is 1.50. The maximum absolute atomic E-state index is 12.4.